The van der Waals surface area contributed by atoms with E-state index >= 15 is 0 Å². The molecular weight excluding hydrogens is 342 g/mol. The Morgan fingerprint density at radius 1 is 1.14 bits per heavy atom. The molecule has 0 radical (unpaired) electrons. The molecule has 0 spiro atoms. The molecule has 0 bridgehead atoms. The first-order valence-corrected chi connectivity index (χ1v) is 7.29. The van der Waals surface area contributed by atoms with E-state index in [-0.39, 0.29) is 10.2 Å². The van der Waals surface area contributed by atoms with Crippen LogP contribution >= 0.6 is 15.9 Å². The Hall–Kier alpha value is -1.76. The van der Waals surface area contributed by atoms with Gasteiger partial charge in [0.1, 0.15) is 29.6 Å². The maximum atomic E-state index is 13.8. The number of nitrogens with one attached hydrogen (secondary N) is 2. The molecule has 112 valence electrons. The lowest BCUT2D eigenvalue weighted by Crippen LogP contribution is -2.07. The molecule has 0 amide bonds. The van der Waals surface area contributed by atoms with Crippen molar-refractivity contribution in [2.45, 2.75) is 20.3 Å². The molecule has 1 aromatic heterocycles. The SMILES string of the molecule is CCCNc1ncnc(Nc2cc(Br)c(F)cc2F)c1C. The first-order valence-electron chi connectivity index (χ1n) is 6.50. The third kappa shape index (κ3) is 3.66. The van der Waals surface area contributed by atoms with Gasteiger partial charge in [-0.3, -0.25) is 0 Å². The van der Waals surface area contributed by atoms with Crippen molar-refractivity contribution in [3.63, 3.8) is 0 Å². The fourth-order valence-electron chi connectivity index (χ4n) is 1.74. The highest BCUT2D eigenvalue weighted by atomic mass is 79.9. The zero-order chi connectivity index (χ0) is 15.4. The Bertz CT molecular complexity index is 649. The fraction of sp³-hybridized carbons (Fsp3) is 0.286. The second-order valence-corrected chi connectivity index (χ2v) is 5.35. The third-order valence-corrected chi connectivity index (χ3v) is 3.50. The monoisotopic (exact) mass is 356 g/mol. The maximum Gasteiger partial charge on any atom is 0.149 e. The van der Waals surface area contributed by atoms with Crippen molar-refractivity contribution in [3.8, 4) is 0 Å². The molecule has 0 aliphatic heterocycles. The minimum Gasteiger partial charge on any atom is -0.370 e. The number of benzene rings is 1. The van der Waals surface area contributed by atoms with E-state index in [2.05, 4.69) is 36.5 Å². The summed E-state index contributed by atoms with van der Waals surface area (Å²) in [4.78, 5) is 8.24. The van der Waals surface area contributed by atoms with Gasteiger partial charge >= 0.3 is 0 Å². The van der Waals surface area contributed by atoms with Gasteiger partial charge in [-0.2, -0.15) is 0 Å². The van der Waals surface area contributed by atoms with E-state index in [4.69, 9.17) is 0 Å². The van der Waals surface area contributed by atoms with Gasteiger partial charge in [0.05, 0.1) is 10.2 Å². The van der Waals surface area contributed by atoms with E-state index in [0.717, 1.165) is 24.6 Å². The first kappa shape index (κ1) is 15.6. The van der Waals surface area contributed by atoms with Crippen LogP contribution in [0.4, 0.5) is 26.1 Å². The number of hydrogen-bond donors (Lipinski definition) is 2. The van der Waals surface area contributed by atoms with Crippen molar-refractivity contribution in [1.82, 2.24) is 9.97 Å². The summed E-state index contributed by atoms with van der Waals surface area (Å²) in [6, 6.07) is 2.16. The van der Waals surface area contributed by atoms with E-state index in [0.29, 0.717) is 11.6 Å². The highest BCUT2D eigenvalue weighted by Gasteiger charge is 2.12. The average Bonchev–Trinajstić information content (AvgIpc) is 2.45. The van der Waals surface area contributed by atoms with Crippen LogP contribution in [-0.4, -0.2) is 16.5 Å². The summed E-state index contributed by atoms with van der Waals surface area (Å²) in [6.07, 6.45) is 2.36. The van der Waals surface area contributed by atoms with Gasteiger partial charge in [0.25, 0.3) is 0 Å². The van der Waals surface area contributed by atoms with Gasteiger partial charge in [-0.1, -0.05) is 6.92 Å². The predicted molar refractivity (Wildman–Crippen MR) is 82.9 cm³/mol. The molecule has 0 fully saturated rings. The number of halogens is 3. The first-order chi connectivity index (χ1) is 10.0. The van der Waals surface area contributed by atoms with E-state index in [1.807, 2.05) is 13.8 Å². The Morgan fingerprint density at radius 3 is 2.57 bits per heavy atom. The quantitative estimate of drug-likeness (QED) is 0.780. The molecule has 21 heavy (non-hydrogen) atoms. The Labute approximate surface area is 130 Å². The number of hydrogen-bond acceptors (Lipinski definition) is 4. The van der Waals surface area contributed by atoms with E-state index in [1.54, 1.807) is 0 Å². The number of rotatable bonds is 5. The van der Waals surface area contributed by atoms with Crippen molar-refractivity contribution >= 4 is 33.3 Å². The van der Waals surface area contributed by atoms with Gasteiger partial charge in [0.15, 0.2) is 0 Å². The molecule has 0 unspecified atom stereocenters. The van der Waals surface area contributed by atoms with Crippen molar-refractivity contribution < 1.29 is 8.78 Å². The molecule has 0 saturated heterocycles. The van der Waals surface area contributed by atoms with Crippen molar-refractivity contribution in [1.29, 1.82) is 0 Å². The minimum absolute atomic E-state index is 0.145. The smallest absolute Gasteiger partial charge is 0.149 e. The zero-order valence-corrected chi connectivity index (χ0v) is 13.3. The van der Waals surface area contributed by atoms with Crippen molar-refractivity contribution in [2.24, 2.45) is 0 Å². The summed E-state index contributed by atoms with van der Waals surface area (Å²) in [6.45, 7) is 4.67. The topological polar surface area (TPSA) is 49.8 Å². The molecule has 2 rings (SSSR count). The van der Waals surface area contributed by atoms with Crippen LogP contribution in [0.5, 0.6) is 0 Å². The molecule has 0 aliphatic rings. The lowest BCUT2D eigenvalue weighted by Gasteiger charge is -2.13. The molecule has 2 aromatic rings. The molecular formula is C14H15BrF2N4. The zero-order valence-electron chi connectivity index (χ0n) is 11.7. The second-order valence-electron chi connectivity index (χ2n) is 4.49. The van der Waals surface area contributed by atoms with Crippen LogP contribution in [0, 0.1) is 18.6 Å². The Kier molecular flexibility index (Phi) is 5.06. The Balaban J connectivity index is 2.29. The maximum absolute atomic E-state index is 13.8. The molecule has 0 saturated carbocycles. The lowest BCUT2D eigenvalue weighted by molar-refractivity contribution is 0.581. The van der Waals surface area contributed by atoms with Gasteiger partial charge in [-0.25, -0.2) is 18.7 Å². The molecule has 2 N–H and O–H groups in total. The summed E-state index contributed by atoms with van der Waals surface area (Å²) in [7, 11) is 0. The van der Waals surface area contributed by atoms with Crippen LogP contribution in [0.15, 0.2) is 22.9 Å². The van der Waals surface area contributed by atoms with Crippen LogP contribution in [0.2, 0.25) is 0 Å². The van der Waals surface area contributed by atoms with E-state index in [9.17, 15) is 8.78 Å². The second kappa shape index (κ2) is 6.80. The molecule has 0 atom stereocenters. The summed E-state index contributed by atoms with van der Waals surface area (Å²) in [5.74, 6) is -0.170. The van der Waals surface area contributed by atoms with Crippen molar-refractivity contribution in [3.05, 3.63) is 40.1 Å². The van der Waals surface area contributed by atoms with Gasteiger partial charge < -0.3 is 10.6 Å². The molecule has 4 nitrogen and oxygen atoms in total. The molecule has 0 aliphatic carbocycles. The minimum atomic E-state index is -0.684. The largest absolute Gasteiger partial charge is 0.370 e. The van der Waals surface area contributed by atoms with Crippen LogP contribution in [0.3, 0.4) is 0 Å². The van der Waals surface area contributed by atoms with E-state index < -0.39 is 11.6 Å². The Morgan fingerprint density at radius 2 is 1.86 bits per heavy atom. The van der Waals surface area contributed by atoms with Gasteiger partial charge in [0, 0.05) is 18.2 Å². The predicted octanol–water partition coefficient (Wildman–Crippen LogP) is 4.39. The van der Waals surface area contributed by atoms with Crippen LogP contribution in [0.25, 0.3) is 0 Å². The fourth-order valence-corrected chi connectivity index (χ4v) is 2.09. The summed E-state index contributed by atoms with van der Waals surface area (Å²) in [5.41, 5.74) is 0.914. The molecule has 1 heterocycles. The average molecular weight is 357 g/mol. The number of aromatic nitrogens is 2. The lowest BCUT2D eigenvalue weighted by atomic mass is 10.2. The summed E-state index contributed by atoms with van der Waals surface area (Å²) >= 11 is 3.03. The normalized spacial score (nSPS) is 10.5. The highest BCUT2D eigenvalue weighted by Crippen LogP contribution is 2.28. The number of anilines is 3. The molecule has 7 heteroatoms. The van der Waals surface area contributed by atoms with Gasteiger partial charge in [-0.05, 0) is 35.3 Å². The van der Waals surface area contributed by atoms with Crippen LogP contribution in [0.1, 0.15) is 18.9 Å². The third-order valence-electron chi connectivity index (χ3n) is 2.89. The van der Waals surface area contributed by atoms with Crippen molar-refractivity contribution in [2.75, 3.05) is 17.2 Å². The van der Waals surface area contributed by atoms with Crippen LogP contribution in [-0.2, 0) is 0 Å². The molecule has 1 aromatic carbocycles. The van der Waals surface area contributed by atoms with Gasteiger partial charge in [0.2, 0.25) is 0 Å². The van der Waals surface area contributed by atoms with E-state index in [1.165, 1.54) is 12.4 Å². The van der Waals surface area contributed by atoms with Crippen LogP contribution < -0.4 is 10.6 Å². The number of nitrogens with zero attached hydrogens (tertiary/aromatic N) is 2. The standard InChI is InChI=1S/C14H15BrF2N4/c1-3-4-18-13-8(2)14(20-7-19-13)21-12-5-9(15)10(16)6-11(12)17/h5-7H,3-4H2,1-2H3,(H2,18,19,20,21). The van der Waals surface area contributed by atoms with Gasteiger partial charge in [-0.15, -0.1) is 0 Å². The highest BCUT2D eigenvalue weighted by molar-refractivity contribution is 9.10. The summed E-state index contributed by atoms with van der Waals surface area (Å²) in [5, 5.41) is 6.03. The summed E-state index contributed by atoms with van der Waals surface area (Å²) < 4.78 is 27.2.